The van der Waals surface area contributed by atoms with Crippen LogP contribution in [0.15, 0.2) is 30.5 Å². The van der Waals surface area contributed by atoms with Crippen molar-refractivity contribution >= 4 is 38.5 Å². The van der Waals surface area contributed by atoms with E-state index in [0.717, 1.165) is 46.6 Å². The van der Waals surface area contributed by atoms with Crippen LogP contribution in [0.5, 0.6) is 11.5 Å². The van der Waals surface area contributed by atoms with Crippen LogP contribution in [0.4, 0.5) is 15.7 Å². The van der Waals surface area contributed by atoms with E-state index >= 15 is 0 Å². The van der Waals surface area contributed by atoms with Gasteiger partial charge in [-0.25, -0.2) is 14.8 Å². The van der Waals surface area contributed by atoms with Crippen LogP contribution >= 0.6 is 11.3 Å². The van der Waals surface area contributed by atoms with Crippen LogP contribution in [0.25, 0.3) is 10.2 Å². The quantitative estimate of drug-likeness (QED) is 0.427. The van der Waals surface area contributed by atoms with Crippen LogP contribution in [-0.4, -0.2) is 47.4 Å². The van der Waals surface area contributed by atoms with Crippen LogP contribution in [-0.2, 0) is 6.61 Å². The third-order valence-electron chi connectivity index (χ3n) is 5.39. The molecule has 3 aromatic rings. The molecule has 9 nitrogen and oxygen atoms in total. The molecule has 4 N–H and O–H groups in total. The van der Waals surface area contributed by atoms with Gasteiger partial charge < -0.3 is 25.2 Å². The fraction of sp³-hybridized carbons (Fsp3) is 0.409. The molecule has 2 aromatic heterocycles. The molecule has 1 aliphatic carbocycles. The number of rotatable bonds is 7. The molecule has 32 heavy (non-hydrogen) atoms. The Labute approximate surface area is 190 Å². The molecule has 0 bridgehead atoms. The molecule has 0 unspecified atom stereocenters. The number of anilines is 2. The van der Waals surface area contributed by atoms with Crippen molar-refractivity contribution in [2.75, 3.05) is 24.8 Å². The summed E-state index contributed by atoms with van der Waals surface area (Å²) in [6, 6.07) is 7.02. The van der Waals surface area contributed by atoms with Gasteiger partial charge in [0.1, 0.15) is 29.4 Å². The van der Waals surface area contributed by atoms with Gasteiger partial charge in [0.2, 0.25) is 0 Å². The second-order valence-corrected chi connectivity index (χ2v) is 8.67. The molecule has 1 aromatic carbocycles. The van der Waals surface area contributed by atoms with E-state index in [1.165, 1.54) is 11.3 Å². The van der Waals surface area contributed by atoms with Gasteiger partial charge in [-0.15, -0.1) is 0 Å². The van der Waals surface area contributed by atoms with Crippen LogP contribution < -0.4 is 25.4 Å². The molecule has 2 amide bonds. The summed E-state index contributed by atoms with van der Waals surface area (Å²) in [5.41, 5.74) is 1.63. The van der Waals surface area contributed by atoms with Crippen LogP contribution in [0, 0.1) is 0 Å². The van der Waals surface area contributed by atoms with E-state index < -0.39 is 0 Å². The Morgan fingerprint density at radius 1 is 1.28 bits per heavy atom. The van der Waals surface area contributed by atoms with E-state index in [-0.39, 0.29) is 18.2 Å². The molecule has 10 heteroatoms. The Hall–Kier alpha value is -3.11. The summed E-state index contributed by atoms with van der Waals surface area (Å²) in [5, 5.41) is 19.5. The minimum Gasteiger partial charge on any atom is -0.494 e. The summed E-state index contributed by atoms with van der Waals surface area (Å²) in [6.07, 6.45) is 5.20. The minimum atomic E-state index is -0.348. The fourth-order valence-corrected chi connectivity index (χ4v) is 4.67. The number of aromatic nitrogens is 2. The third-order valence-corrected chi connectivity index (χ3v) is 6.32. The molecule has 1 fully saturated rings. The lowest BCUT2D eigenvalue weighted by Crippen LogP contribution is -2.36. The number of pyridine rings is 1. The summed E-state index contributed by atoms with van der Waals surface area (Å²) in [7, 11) is 3.15. The number of hydrogen-bond donors (Lipinski definition) is 4. The van der Waals surface area contributed by atoms with Crippen molar-refractivity contribution in [3.05, 3.63) is 36.0 Å². The Bertz CT molecular complexity index is 1090. The molecule has 1 aliphatic rings. The summed E-state index contributed by atoms with van der Waals surface area (Å²) in [4.78, 5) is 20.3. The van der Waals surface area contributed by atoms with Crippen LogP contribution in [0.2, 0.25) is 0 Å². The first-order valence-electron chi connectivity index (χ1n) is 10.6. The van der Waals surface area contributed by atoms with Gasteiger partial charge in [0.05, 0.1) is 24.0 Å². The van der Waals surface area contributed by atoms with E-state index in [1.54, 1.807) is 26.4 Å². The number of urea groups is 1. The average molecular weight is 458 g/mol. The van der Waals surface area contributed by atoms with E-state index in [0.29, 0.717) is 23.9 Å². The van der Waals surface area contributed by atoms with Crippen molar-refractivity contribution in [3.63, 3.8) is 0 Å². The van der Waals surface area contributed by atoms with Crippen molar-refractivity contribution in [2.24, 2.45) is 0 Å². The molecule has 2 heterocycles. The highest BCUT2D eigenvalue weighted by Gasteiger charge is 2.24. The molecular formula is C22H27N5O4S. The highest BCUT2D eigenvalue weighted by Crippen LogP contribution is 2.37. The van der Waals surface area contributed by atoms with Crippen molar-refractivity contribution in [2.45, 2.75) is 44.4 Å². The molecule has 2 atom stereocenters. The first-order valence-corrected chi connectivity index (χ1v) is 11.4. The number of nitrogens with zero attached hydrogens (tertiary/aromatic N) is 2. The van der Waals surface area contributed by atoms with Gasteiger partial charge in [-0.05, 0) is 36.6 Å². The molecule has 0 saturated heterocycles. The summed E-state index contributed by atoms with van der Waals surface area (Å²) in [5.74, 6) is 1.73. The number of fused-ring (bicyclic) bond motifs is 1. The first kappa shape index (κ1) is 22.1. The number of nitrogens with one attached hydrogen (secondary N) is 3. The zero-order valence-electron chi connectivity index (χ0n) is 18.1. The topological polar surface area (TPSA) is 118 Å². The highest BCUT2D eigenvalue weighted by atomic mass is 32.1. The number of methoxy groups -OCH3 is 1. The maximum atomic E-state index is 11.5. The number of benzene rings is 1. The smallest absolute Gasteiger partial charge is 0.320 e. The maximum absolute atomic E-state index is 11.5. The second-order valence-electron chi connectivity index (χ2n) is 7.64. The zero-order valence-corrected chi connectivity index (χ0v) is 18.9. The number of aliphatic hydroxyl groups excluding tert-OH is 1. The van der Waals surface area contributed by atoms with Gasteiger partial charge >= 0.3 is 6.03 Å². The van der Waals surface area contributed by atoms with Crippen LogP contribution in [0.3, 0.4) is 0 Å². The van der Waals surface area contributed by atoms with Crippen molar-refractivity contribution in [1.29, 1.82) is 0 Å². The second kappa shape index (κ2) is 10.0. The molecule has 1 saturated carbocycles. The fourth-order valence-electron chi connectivity index (χ4n) is 3.69. The lowest BCUT2D eigenvalue weighted by molar-refractivity contribution is 0.116. The molecule has 0 aliphatic heterocycles. The van der Waals surface area contributed by atoms with Crippen LogP contribution in [0.1, 0.15) is 31.2 Å². The Kier molecular flexibility index (Phi) is 6.91. The van der Waals surface area contributed by atoms with Gasteiger partial charge in [0.25, 0.3) is 0 Å². The SMILES string of the molecule is CNC(=O)Nc1cc(COc2cc(OC)c3nc(N[C@H]4CCCC[C@@H]4O)sc3c2)ccn1. The van der Waals surface area contributed by atoms with Gasteiger partial charge in [0, 0.05) is 19.3 Å². The number of carbonyl (C=O) groups is 1. The molecule has 170 valence electrons. The van der Waals surface area contributed by atoms with Crippen molar-refractivity contribution in [3.8, 4) is 11.5 Å². The van der Waals surface area contributed by atoms with E-state index in [2.05, 4.69) is 25.9 Å². The Morgan fingerprint density at radius 3 is 2.91 bits per heavy atom. The van der Waals surface area contributed by atoms with Crippen molar-refractivity contribution < 1.29 is 19.4 Å². The molecule has 4 rings (SSSR count). The number of aliphatic hydroxyl groups is 1. The number of carbonyl (C=O) groups excluding carboxylic acids is 1. The number of hydrogen-bond acceptors (Lipinski definition) is 8. The van der Waals surface area contributed by atoms with E-state index in [9.17, 15) is 9.90 Å². The largest absolute Gasteiger partial charge is 0.494 e. The molecule has 0 spiro atoms. The lowest BCUT2D eigenvalue weighted by Gasteiger charge is -2.27. The van der Waals surface area contributed by atoms with Crippen molar-refractivity contribution in [1.82, 2.24) is 15.3 Å². The zero-order chi connectivity index (χ0) is 22.5. The van der Waals surface area contributed by atoms with Gasteiger partial charge in [-0.2, -0.15) is 0 Å². The van der Waals surface area contributed by atoms with Gasteiger partial charge in [-0.3, -0.25) is 5.32 Å². The Balaban J connectivity index is 1.48. The van der Waals surface area contributed by atoms with E-state index in [1.807, 2.05) is 18.2 Å². The van der Waals surface area contributed by atoms with Gasteiger partial charge in [0.15, 0.2) is 5.13 Å². The first-order chi connectivity index (χ1) is 15.6. The number of amides is 2. The predicted molar refractivity (Wildman–Crippen MR) is 125 cm³/mol. The number of thiazole rings is 1. The molecule has 0 radical (unpaired) electrons. The highest BCUT2D eigenvalue weighted by molar-refractivity contribution is 7.22. The minimum absolute atomic E-state index is 0.0234. The standard InChI is InChI=1S/C22H27N5O4S/c1-23-21(29)26-19-9-13(7-8-24-19)12-31-14-10-17(30-2)20-18(11-14)32-22(27-20)25-15-5-3-4-6-16(15)28/h7-11,15-16,28H,3-6,12H2,1-2H3,(H,25,27)(H2,23,24,26,29)/t15-,16-/m0/s1. The van der Waals surface area contributed by atoms with Gasteiger partial charge in [-0.1, -0.05) is 24.2 Å². The third kappa shape index (κ3) is 5.20. The monoisotopic (exact) mass is 457 g/mol. The normalized spacial score (nSPS) is 18.2. The van der Waals surface area contributed by atoms with E-state index in [4.69, 9.17) is 9.47 Å². The Morgan fingerprint density at radius 2 is 2.12 bits per heavy atom. The summed E-state index contributed by atoms with van der Waals surface area (Å²) >= 11 is 1.51. The average Bonchev–Trinajstić information content (AvgIpc) is 3.21. The maximum Gasteiger partial charge on any atom is 0.320 e. The summed E-state index contributed by atoms with van der Waals surface area (Å²) in [6.45, 7) is 0.303. The predicted octanol–water partition coefficient (Wildman–Crippen LogP) is 3.75. The number of ether oxygens (including phenoxy) is 2. The summed E-state index contributed by atoms with van der Waals surface area (Å²) < 4.78 is 12.5. The molecular weight excluding hydrogens is 430 g/mol. The lowest BCUT2D eigenvalue weighted by atomic mass is 9.93.